The van der Waals surface area contributed by atoms with Crippen LogP contribution < -0.4 is 20.9 Å². The number of β-amino-alcohol motifs (C(OH)–C–C–N with tert-alkyl or cyclic N) is 1. The predicted octanol–water partition coefficient (Wildman–Crippen LogP) is 3.41. The molecule has 44 heavy (non-hydrogen) atoms. The van der Waals surface area contributed by atoms with E-state index in [2.05, 4.69) is 15.7 Å². The fraction of sp³-hybridized carbons (Fsp3) is 0.281. The minimum Gasteiger partial charge on any atom is -0.481 e. The summed E-state index contributed by atoms with van der Waals surface area (Å²) >= 11 is 6.99. The number of benzene rings is 2. The number of hydrogen-bond donors (Lipinski definition) is 3. The molecule has 12 heteroatoms. The van der Waals surface area contributed by atoms with Crippen molar-refractivity contribution < 1.29 is 19.4 Å². The van der Waals surface area contributed by atoms with Crippen LogP contribution in [-0.4, -0.2) is 68.9 Å². The molecule has 2 aromatic heterocycles. The van der Waals surface area contributed by atoms with Crippen molar-refractivity contribution in [3.8, 4) is 28.3 Å². The van der Waals surface area contributed by atoms with Crippen molar-refractivity contribution in [2.75, 3.05) is 25.5 Å². The van der Waals surface area contributed by atoms with Crippen LogP contribution in [0.2, 0.25) is 5.02 Å². The van der Waals surface area contributed by atoms with E-state index >= 15 is 0 Å². The molecule has 2 amide bonds. The lowest BCUT2D eigenvalue weighted by Crippen LogP contribution is -2.38. The van der Waals surface area contributed by atoms with Crippen LogP contribution in [0.3, 0.4) is 0 Å². The zero-order valence-corrected chi connectivity index (χ0v) is 25.6. The monoisotopic (exact) mass is 616 g/mol. The number of aliphatic hydroxyl groups is 1. The van der Waals surface area contributed by atoms with Crippen molar-refractivity contribution in [1.82, 2.24) is 25.0 Å². The van der Waals surface area contributed by atoms with Crippen LogP contribution >= 0.6 is 11.6 Å². The van der Waals surface area contributed by atoms with Gasteiger partial charge in [0.1, 0.15) is 5.56 Å². The number of pyridine rings is 1. The first kappa shape index (κ1) is 30.9. The molecule has 0 radical (unpaired) electrons. The van der Waals surface area contributed by atoms with Crippen LogP contribution in [-0.2, 0) is 18.4 Å². The Bertz CT molecular complexity index is 1790. The normalized spacial score (nSPS) is 16.2. The van der Waals surface area contributed by atoms with Gasteiger partial charge >= 0.3 is 0 Å². The fourth-order valence-electron chi connectivity index (χ4n) is 5.29. The van der Waals surface area contributed by atoms with Gasteiger partial charge in [0.15, 0.2) is 0 Å². The zero-order chi connectivity index (χ0) is 31.5. The molecule has 1 fully saturated rings. The van der Waals surface area contributed by atoms with E-state index in [0.29, 0.717) is 47.5 Å². The molecule has 0 bridgehead atoms. The lowest BCUT2D eigenvalue weighted by atomic mass is 9.96. The van der Waals surface area contributed by atoms with Gasteiger partial charge in [0, 0.05) is 62.2 Å². The van der Waals surface area contributed by atoms with Gasteiger partial charge in [-0.1, -0.05) is 48.0 Å². The summed E-state index contributed by atoms with van der Waals surface area (Å²) in [6.07, 6.45) is 0.747. The molecule has 228 valence electrons. The Labute approximate surface area is 259 Å². The van der Waals surface area contributed by atoms with Crippen molar-refractivity contribution >= 4 is 29.1 Å². The predicted molar refractivity (Wildman–Crippen MR) is 168 cm³/mol. The summed E-state index contributed by atoms with van der Waals surface area (Å²) in [7, 11) is 3.03. The van der Waals surface area contributed by atoms with E-state index in [1.165, 1.54) is 26.2 Å². The second-order valence-corrected chi connectivity index (χ2v) is 11.0. The third-order valence-corrected chi connectivity index (χ3v) is 8.23. The fourth-order valence-corrected chi connectivity index (χ4v) is 5.61. The number of carbonyl (C=O) groups excluding carboxylic acids is 2. The Morgan fingerprint density at radius 1 is 1.07 bits per heavy atom. The number of nitrogens with zero attached hydrogens (tertiary/aromatic N) is 4. The molecule has 3 heterocycles. The number of anilines is 1. The average Bonchev–Trinajstić information content (AvgIpc) is 3.39. The highest BCUT2D eigenvalue weighted by Crippen LogP contribution is 2.39. The van der Waals surface area contributed by atoms with Crippen LogP contribution in [0.4, 0.5) is 5.69 Å². The number of aryl methyl sites for hydroxylation is 1. The summed E-state index contributed by atoms with van der Waals surface area (Å²) in [6.45, 7) is 4.49. The topological polar surface area (TPSA) is 139 Å². The highest BCUT2D eigenvalue weighted by Gasteiger charge is 2.32. The number of aliphatic hydroxyl groups excluding tert-OH is 1. The molecule has 5 rings (SSSR count). The molecule has 11 nitrogen and oxygen atoms in total. The summed E-state index contributed by atoms with van der Waals surface area (Å²) in [4.78, 5) is 43.3. The molecule has 2 unspecified atom stereocenters. The smallest absolute Gasteiger partial charge is 0.279 e. The van der Waals surface area contributed by atoms with E-state index in [1.54, 1.807) is 18.1 Å². The molecule has 0 saturated carbocycles. The number of carbonyl (C=O) groups is 2. The largest absolute Gasteiger partial charge is 0.481 e. The third-order valence-electron chi connectivity index (χ3n) is 7.82. The molecule has 3 N–H and O–H groups in total. The molecule has 4 aromatic rings. The number of nitrogens with one attached hydrogen (secondary N) is 2. The molecule has 1 aliphatic heterocycles. The van der Waals surface area contributed by atoms with Crippen molar-refractivity contribution in [2.24, 2.45) is 7.05 Å². The number of ether oxygens (including phenoxy) is 1. The van der Waals surface area contributed by atoms with Gasteiger partial charge in [-0.05, 0) is 36.2 Å². The Morgan fingerprint density at radius 3 is 2.52 bits per heavy atom. The first-order chi connectivity index (χ1) is 21.1. The van der Waals surface area contributed by atoms with Crippen molar-refractivity contribution in [2.45, 2.75) is 32.5 Å². The molecular formula is C32H33ClN6O5. The Hall–Kier alpha value is -4.58. The van der Waals surface area contributed by atoms with E-state index in [1.807, 2.05) is 49.4 Å². The minimum atomic E-state index is -0.656. The van der Waals surface area contributed by atoms with Crippen LogP contribution in [0.5, 0.6) is 5.88 Å². The third kappa shape index (κ3) is 6.21. The number of aromatic nitrogens is 3. The SMILES string of the molecule is COc1nc(-c2cccc(-c3cccc(NC(=O)c4ccnn(C)c4=O)c3C)c2Cl)ccc1CNC1CN(C(C)=O)CC1O. The molecule has 1 aliphatic rings. The first-order valence-corrected chi connectivity index (χ1v) is 14.4. The van der Waals surface area contributed by atoms with Gasteiger partial charge in [0.2, 0.25) is 11.8 Å². The summed E-state index contributed by atoms with van der Waals surface area (Å²) in [6, 6.07) is 16.0. The van der Waals surface area contributed by atoms with Crippen LogP contribution in [0.15, 0.2) is 65.6 Å². The number of hydrogen-bond acceptors (Lipinski definition) is 8. The second-order valence-electron chi connectivity index (χ2n) is 10.6. The second kappa shape index (κ2) is 13.0. The lowest BCUT2D eigenvalue weighted by molar-refractivity contribution is -0.128. The van der Waals surface area contributed by atoms with Crippen LogP contribution in [0, 0.1) is 6.92 Å². The number of likely N-dealkylation sites (tertiary alicyclic amines) is 1. The van der Waals surface area contributed by atoms with Crippen molar-refractivity contribution in [3.05, 3.63) is 92.9 Å². The lowest BCUT2D eigenvalue weighted by Gasteiger charge is -2.18. The van der Waals surface area contributed by atoms with Gasteiger partial charge in [-0.25, -0.2) is 9.67 Å². The van der Waals surface area contributed by atoms with E-state index < -0.39 is 17.6 Å². The summed E-state index contributed by atoms with van der Waals surface area (Å²) in [5.41, 5.74) is 4.46. The van der Waals surface area contributed by atoms with Gasteiger partial charge in [-0.15, -0.1) is 0 Å². The van der Waals surface area contributed by atoms with E-state index in [9.17, 15) is 19.5 Å². The maximum Gasteiger partial charge on any atom is 0.279 e. The quantitative estimate of drug-likeness (QED) is 0.274. The molecule has 1 saturated heterocycles. The van der Waals surface area contributed by atoms with Gasteiger partial charge < -0.3 is 25.4 Å². The average molecular weight is 617 g/mol. The van der Waals surface area contributed by atoms with Gasteiger partial charge in [-0.3, -0.25) is 14.4 Å². The Kier molecular flexibility index (Phi) is 9.09. The summed E-state index contributed by atoms with van der Waals surface area (Å²) in [5, 5.41) is 20.8. The molecule has 2 atom stereocenters. The molecule has 0 aliphatic carbocycles. The Morgan fingerprint density at radius 2 is 1.80 bits per heavy atom. The van der Waals surface area contributed by atoms with Gasteiger partial charge in [-0.2, -0.15) is 5.10 Å². The molecule has 0 spiro atoms. The maximum absolute atomic E-state index is 12.9. The maximum atomic E-state index is 12.9. The van der Waals surface area contributed by atoms with E-state index in [-0.39, 0.29) is 17.5 Å². The number of halogens is 1. The van der Waals surface area contributed by atoms with Crippen LogP contribution in [0.1, 0.15) is 28.4 Å². The number of amides is 2. The van der Waals surface area contributed by atoms with Crippen molar-refractivity contribution in [1.29, 1.82) is 0 Å². The highest BCUT2D eigenvalue weighted by atomic mass is 35.5. The Balaban J connectivity index is 1.39. The standard InChI is InChI=1S/C32H33ClN6O5/c1-18-21(7-6-10-25(18)36-30(42)24-13-14-35-38(3)32(24)43)22-8-5-9-23(29(22)33)26-12-11-20(31(37-26)44-4)15-34-27-16-39(19(2)40)17-28(27)41/h5-14,27-28,34,41H,15-17H2,1-4H3,(H,36,42). The number of rotatable bonds is 8. The zero-order valence-electron chi connectivity index (χ0n) is 24.8. The van der Waals surface area contributed by atoms with E-state index in [4.69, 9.17) is 21.3 Å². The van der Waals surface area contributed by atoms with Gasteiger partial charge in [0.25, 0.3) is 11.5 Å². The van der Waals surface area contributed by atoms with Crippen molar-refractivity contribution in [3.63, 3.8) is 0 Å². The highest BCUT2D eigenvalue weighted by molar-refractivity contribution is 6.36. The number of methoxy groups -OCH3 is 1. The van der Waals surface area contributed by atoms with E-state index in [0.717, 1.165) is 26.9 Å². The summed E-state index contributed by atoms with van der Waals surface area (Å²) in [5.74, 6) is -0.187. The van der Waals surface area contributed by atoms with Crippen LogP contribution in [0.25, 0.3) is 22.4 Å². The minimum absolute atomic E-state index is 0.0107. The molecule has 2 aromatic carbocycles. The first-order valence-electron chi connectivity index (χ1n) is 14.0. The summed E-state index contributed by atoms with van der Waals surface area (Å²) < 4.78 is 6.71. The van der Waals surface area contributed by atoms with Gasteiger partial charge in [0.05, 0.1) is 30.0 Å². The molecular weight excluding hydrogens is 584 g/mol.